The molecule has 2 heterocycles. The van der Waals surface area contributed by atoms with Crippen LogP contribution in [0.25, 0.3) is 0 Å². The standard InChI is InChI=1S/C18H23BrNO3/c1-20(2)7-6-18-5-4-11(21)8-15(18)23-17-14(22-3)9-13(19)12(10-20)16(17)18/h4-5,9,11,15,21H,6-8,10H2,1-3H3/q+1/t11-,15?,18?/m0/s1. The average molecular weight is 381 g/mol. The van der Waals surface area contributed by atoms with E-state index in [9.17, 15) is 5.11 Å². The Kier molecular flexibility index (Phi) is 3.35. The van der Waals surface area contributed by atoms with E-state index in [1.165, 1.54) is 11.1 Å². The second kappa shape index (κ2) is 4.98. The van der Waals surface area contributed by atoms with Gasteiger partial charge >= 0.3 is 0 Å². The molecule has 4 rings (SSSR count). The van der Waals surface area contributed by atoms with Crippen molar-refractivity contribution in [3.8, 4) is 11.5 Å². The molecule has 4 nitrogen and oxygen atoms in total. The van der Waals surface area contributed by atoms with E-state index in [1.807, 2.05) is 12.1 Å². The molecule has 0 fully saturated rings. The van der Waals surface area contributed by atoms with E-state index in [0.29, 0.717) is 6.42 Å². The van der Waals surface area contributed by atoms with Gasteiger partial charge in [0, 0.05) is 28.4 Å². The van der Waals surface area contributed by atoms with Crippen molar-refractivity contribution in [1.29, 1.82) is 0 Å². The summed E-state index contributed by atoms with van der Waals surface area (Å²) in [6.45, 7) is 2.03. The van der Waals surface area contributed by atoms with Crippen LogP contribution < -0.4 is 9.47 Å². The van der Waals surface area contributed by atoms with E-state index < -0.39 is 6.10 Å². The summed E-state index contributed by atoms with van der Waals surface area (Å²) in [5, 5.41) is 10.1. The van der Waals surface area contributed by atoms with Crippen LogP contribution in [0.3, 0.4) is 0 Å². The van der Waals surface area contributed by atoms with E-state index in [2.05, 4.69) is 36.1 Å². The highest BCUT2D eigenvalue weighted by Gasteiger charge is 2.54. The normalized spacial score (nSPS) is 33.4. The summed E-state index contributed by atoms with van der Waals surface area (Å²) in [5.74, 6) is 1.65. The van der Waals surface area contributed by atoms with Gasteiger partial charge in [-0.25, -0.2) is 0 Å². The molecule has 1 aromatic rings. The van der Waals surface area contributed by atoms with Crippen LogP contribution in [-0.2, 0) is 12.0 Å². The first-order valence-corrected chi connectivity index (χ1v) is 8.91. The maximum Gasteiger partial charge on any atom is 0.166 e. The van der Waals surface area contributed by atoms with Gasteiger partial charge in [-0.1, -0.05) is 28.1 Å². The largest absolute Gasteiger partial charge is 0.493 e. The van der Waals surface area contributed by atoms with E-state index in [-0.39, 0.29) is 11.5 Å². The highest BCUT2D eigenvalue weighted by atomic mass is 79.9. The molecule has 0 saturated heterocycles. The summed E-state index contributed by atoms with van der Waals surface area (Å²) in [6.07, 6.45) is 5.35. The van der Waals surface area contributed by atoms with Crippen molar-refractivity contribution in [2.24, 2.45) is 0 Å². The average Bonchev–Trinajstić information content (AvgIpc) is 2.76. The van der Waals surface area contributed by atoms with Crippen molar-refractivity contribution in [3.05, 3.63) is 33.8 Å². The third-order valence-electron chi connectivity index (χ3n) is 5.61. The number of aliphatic hydroxyl groups is 1. The first-order valence-electron chi connectivity index (χ1n) is 8.12. The van der Waals surface area contributed by atoms with Crippen molar-refractivity contribution in [3.63, 3.8) is 0 Å². The second-order valence-corrected chi connectivity index (χ2v) is 8.47. The topological polar surface area (TPSA) is 38.7 Å². The van der Waals surface area contributed by atoms with E-state index in [4.69, 9.17) is 9.47 Å². The van der Waals surface area contributed by atoms with Gasteiger partial charge in [-0.2, -0.15) is 0 Å². The number of aliphatic hydroxyl groups excluding tert-OH is 1. The number of hydrogen-bond donors (Lipinski definition) is 1. The molecule has 23 heavy (non-hydrogen) atoms. The smallest absolute Gasteiger partial charge is 0.166 e. The van der Waals surface area contributed by atoms with Crippen LogP contribution in [0, 0.1) is 0 Å². The summed E-state index contributed by atoms with van der Waals surface area (Å²) in [6, 6.07) is 2.02. The molecule has 1 aliphatic carbocycles. The minimum absolute atomic E-state index is 0.0162. The molecule has 2 unspecified atom stereocenters. The van der Waals surface area contributed by atoms with Gasteiger partial charge in [0.2, 0.25) is 0 Å². The zero-order chi connectivity index (χ0) is 16.4. The van der Waals surface area contributed by atoms with E-state index in [0.717, 1.165) is 40.0 Å². The minimum Gasteiger partial charge on any atom is -0.493 e. The SMILES string of the molecule is COc1cc(Br)c2c3c1OC1C[C@@H](O)C=CC31CC[N+](C)(C)C2. The predicted molar refractivity (Wildman–Crippen MR) is 91.8 cm³/mol. The van der Waals surface area contributed by atoms with Gasteiger partial charge in [0.1, 0.15) is 12.6 Å². The molecular formula is C18H23BrNO3+. The summed E-state index contributed by atoms with van der Waals surface area (Å²) in [5.41, 5.74) is 2.43. The van der Waals surface area contributed by atoms with E-state index >= 15 is 0 Å². The Labute approximate surface area is 145 Å². The molecule has 0 saturated carbocycles. The number of quaternary nitrogens is 1. The molecule has 1 N–H and O–H groups in total. The maximum atomic E-state index is 10.1. The van der Waals surface area contributed by atoms with Crippen LogP contribution in [0.5, 0.6) is 11.5 Å². The van der Waals surface area contributed by atoms with Gasteiger partial charge in [0.25, 0.3) is 0 Å². The van der Waals surface area contributed by atoms with Crippen molar-refractivity contribution in [2.45, 2.75) is 37.0 Å². The summed E-state index contributed by atoms with van der Waals surface area (Å²) in [4.78, 5) is 0. The second-order valence-electron chi connectivity index (χ2n) is 7.62. The maximum absolute atomic E-state index is 10.1. The Morgan fingerprint density at radius 2 is 2.22 bits per heavy atom. The number of ether oxygens (including phenoxy) is 2. The predicted octanol–water partition coefficient (Wildman–Crippen LogP) is 2.76. The lowest BCUT2D eigenvalue weighted by molar-refractivity contribution is -0.903. The number of nitrogens with zero attached hydrogens (tertiary/aromatic N) is 1. The summed E-state index contributed by atoms with van der Waals surface area (Å²) < 4.78 is 14.0. The molecule has 3 atom stereocenters. The van der Waals surface area contributed by atoms with Crippen LogP contribution in [-0.4, -0.2) is 49.5 Å². The van der Waals surface area contributed by atoms with Gasteiger partial charge in [-0.15, -0.1) is 0 Å². The first kappa shape index (κ1) is 15.5. The molecule has 0 aromatic heterocycles. The zero-order valence-electron chi connectivity index (χ0n) is 13.8. The van der Waals surface area contributed by atoms with Crippen LogP contribution in [0.2, 0.25) is 0 Å². The molecule has 5 heteroatoms. The molecular weight excluding hydrogens is 358 g/mol. The van der Waals surface area contributed by atoms with E-state index in [1.54, 1.807) is 7.11 Å². The Morgan fingerprint density at radius 3 is 2.96 bits per heavy atom. The van der Waals surface area contributed by atoms with Crippen molar-refractivity contribution in [2.75, 3.05) is 27.7 Å². The Bertz CT molecular complexity index is 700. The molecule has 0 radical (unpaired) electrons. The lowest BCUT2D eigenvalue weighted by Gasteiger charge is -2.36. The van der Waals surface area contributed by atoms with Crippen molar-refractivity contribution < 1.29 is 19.1 Å². The minimum atomic E-state index is -0.427. The molecule has 0 bridgehead atoms. The lowest BCUT2D eigenvalue weighted by Crippen LogP contribution is -2.45. The van der Waals surface area contributed by atoms with Crippen LogP contribution >= 0.6 is 15.9 Å². The summed E-state index contributed by atoms with van der Waals surface area (Å²) >= 11 is 3.76. The lowest BCUT2D eigenvalue weighted by atomic mass is 9.69. The van der Waals surface area contributed by atoms with Crippen LogP contribution in [0.1, 0.15) is 24.0 Å². The third-order valence-corrected chi connectivity index (χ3v) is 6.31. The number of halogens is 1. The van der Waals surface area contributed by atoms with Gasteiger partial charge in [-0.05, 0) is 6.07 Å². The third kappa shape index (κ3) is 2.17. The fourth-order valence-corrected chi connectivity index (χ4v) is 4.90. The Hall–Kier alpha value is -1.04. The fourth-order valence-electron chi connectivity index (χ4n) is 4.37. The van der Waals surface area contributed by atoms with Gasteiger partial charge in [-0.3, -0.25) is 0 Å². The Balaban J connectivity index is 2.01. The van der Waals surface area contributed by atoms with Gasteiger partial charge in [0.15, 0.2) is 11.5 Å². The van der Waals surface area contributed by atoms with Crippen molar-refractivity contribution >= 4 is 15.9 Å². The van der Waals surface area contributed by atoms with Crippen LogP contribution in [0.4, 0.5) is 0 Å². The van der Waals surface area contributed by atoms with Crippen LogP contribution in [0.15, 0.2) is 22.7 Å². The number of methoxy groups -OCH3 is 1. The first-order chi connectivity index (χ1) is 10.9. The number of benzene rings is 1. The van der Waals surface area contributed by atoms with Gasteiger partial charge in [0.05, 0.1) is 39.3 Å². The molecule has 124 valence electrons. The highest BCUT2D eigenvalue weighted by molar-refractivity contribution is 9.10. The number of rotatable bonds is 1. The highest BCUT2D eigenvalue weighted by Crippen LogP contribution is 2.57. The molecule has 2 aliphatic heterocycles. The molecule has 0 amide bonds. The summed E-state index contributed by atoms with van der Waals surface area (Å²) in [7, 11) is 6.24. The quantitative estimate of drug-likeness (QED) is 0.601. The van der Waals surface area contributed by atoms with Crippen molar-refractivity contribution in [1.82, 2.24) is 0 Å². The fraction of sp³-hybridized carbons (Fsp3) is 0.556. The molecule has 1 spiro atoms. The molecule has 3 aliphatic rings. The molecule has 1 aromatic carbocycles. The Morgan fingerprint density at radius 1 is 1.43 bits per heavy atom. The monoisotopic (exact) mass is 380 g/mol. The number of hydrogen-bond acceptors (Lipinski definition) is 3. The van der Waals surface area contributed by atoms with Gasteiger partial charge < -0.3 is 19.1 Å². The zero-order valence-corrected chi connectivity index (χ0v) is 15.4.